The molecule has 2 amide bonds. The van der Waals surface area contributed by atoms with Crippen molar-refractivity contribution in [1.29, 1.82) is 0 Å². The second-order valence-electron chi connectivity index (χ2n) is 5.95. The molecule has 1 aliphatic heterocycles. The number of nitrogens with zero attached hydrogens (tertiary/aromatic N) is 1. The van der Waals surface area contributed by atoms with Crippen LogP contribution in [0, 0.1) is 0 Å². The van der Waals surface area contributed by atoms with Crippen molar-refractivity contribution < 1.29 is 19.1 Å². The third kappa shape index (κ3) is 5.46. The minimum absolute atomic E-state index is 0.0149. The van der Waals surface area contributed by atoms with E-state index in [0.29, 0.717) is 30.2 Å². The number of hydrogen-bond donors (Lipinski definition) is 1. The molecule has 1 aromatic rings. The number of unbranched alkanes of at least 4 members (excludes halogenated alkanes) is 2. The standard InChI is InChI=1S/C18H23ClN2O4/c1-2-3-4-9-20-16(22)12-25-18(24)13-7-8-14(19)15(11-13)21-10-5-6-17(21)23/h7-8,11H,2-6,9-10,12H2,1H3,(H,20,22). The van der Waals surface area contributed by atoms with Gasteiger partial charge in [-0.1, -0.05) is 31.4 Å². The number of rotatable bonds is 8. The summed E-state index contributed by atoms with van der Waals surface area (Å²) < 4.78 is 5.03. The van der Waals surface area contributed by atoms with E-state index in [0.717, 1.165) is 25.7 Å². The van der Waals surface area contributed by atoms with E-state index in [2.05, 4.69) is 12.2 Å². The quantitative estimate of drug-likeness (QED) is 0.567. The first-order chi connectivity index (χ1) is 12.0. The molecule has 0 spiro atoms. The summed E-state index contributed by atoms with van der Waals surface area (Å²) in [6.07, 6.45) is 4.26. The summed E-state index contributed by atoms with van der Waals surface area (Å²) in [5, 5.41) is 3.11. The molecular formula is C18H23ClN2O4. The maximum Gasteiger partial charge on any atom is 0.338 e. The fraction of sp³-hybridized carbons (Fsp3) is 0.500. The summed E-state index contributed by atoms with van der Waals surface area (Å²) in [6.45, 7) is 2.91. The summed E-state index contributed by atoms with van der Waals surface area (Å²) in [4.78, 5) is 37.2. The van der Waals surface area contributed by atoms with Crippen molar-refractivity contribution in [3.63, 3.8) is 0 Å². The second-order valence-corrected chi connectivity index (χ2v) is 6.36. The van der Waals surface area contributed by atoms with E-state index in [4.69, 9.17) is 16.3 Å². The molecule has 136 valence electrons. The van der Waals surface area contributed by atoms with Gasteiger partial charge < -0.3 is 15.0 Å². The Kier molecular flexibility index (Phi) is 7.25. The predicted octanol–water partition coefficient (Wildman–Crippen LogP) is 2.93. The topological polar surface area (TPSA) is 75.7 Å². The van der Waals surface area contributed by atoms with Crippen molar-refractivity contribution in [3.8, 4) is 0 Å². The number of anilines is 1. The molecule has 0 radical (unpaired) electrons. The van der Waals surface area contributed by atoms with Crippen LogP contribution in [0.2, 0.25) is 5.02 Å². The van der Waals surface area contributed by atoms with Gasteiger partial charge in [0.1, 0.15) is 0 Å². The molecule has 2 rings (SSSR count). The molecule has 1 N–H and O–H groups in total. The van der Waals surface area contributed by atoms with Gasteiger partial charge in [0, 0.05) is 19.5 Å². The van der Waals surface area contributed by atoms with Crippen LogP contribution in [0.3, 0.4) is 0 Å². The third-order valence-corrected chi connectivity index (χ3v) is 4.30. The molecule has 1 saturated heterocycles. The van der Waals surface area contributed by atoms with E-state index in [-0.39, 0.29) is 24.0 Å². The lowest BCUT2D eigenvalue weighted by atomic mass is 10.2. The van der Waals surface area contributed by atoms with Crippen LogP contribution in [0.25, 0.3) is 0 Å². The van der Waals surface area contributed by atoms with E-state index < -0.39 is 5.97 Å². The Morgan fingerprint density at radius 3 is 2.80 bits per heavy atom. The zero-order valence-electron chi connectivity index (χ0n) is 14.3. The number of carbonyl (C=O) groups is 3. The van der Waals surface area contributed by atoms with Crippen LogP contribution in [0.15, 0.2) is 18.2 Å². The summed E-state index contributed by atoms with van der Waals surface area (Å²) in [5.41, 5.74) is 0.764. The van der Waals surface area contributed by atoms with Gasteiger partial charge >= 0.3 is 5.97 Å². The third-order valence-electron chi connectivity index (χ3n) is 3.98. The summed E-state index contributed by atoms with van der Waals surface area (Å²) in [5.74, 6) is -0.958. The molecule has 0 unspecified atom stereocenters. The van der Waals surface area contributed by atoms with Crippen LogP contribution in [-0.2, 0) is 14.3 Å². The first-order valence-corrected chi connectivity index (χ1v) is 8.94. The fourth-order valence-corrected chi connectivity index (χ4v) is 2.84. The van der Waals surface area contributed by atoms with Crippen LogP contribution in [0.4, 0.5) is 5.69 Å². The molecule has 1 aliphatic rings. The normalized spacial score (nSPS) is 13.8. The number of amides is 2. The molecular weight excluding hydrogens is 344 g/mol. The highest BCUT2D eigenvalue weighted by atomic mass is 35.5. The summed E-state index contributed by atoms with van der Waals surface area (Å²) in [7, 11) is 0. The molecule has 1 aromatic carbocycles. The molecule has 0 aliphatic carbocycles. The van der Waals surface area contributed by atoms with Gasteiger partial charge in [0.15, 0.2) is 6.61 Å². The molecule has 1 heterocycles. The zero-order chi connectivity index (χ0) is 18.2. The minimum Gasteiger partial charge on any atom is -0.452 e. The Morgan fingerprint density at radius 1 is 1.32 bits per heavy atom. The van der Waals surface area contributed by atoms with Crippen molar-refractivity contribution in [2.24, 2.45) is 0 Å². The number of hydrogen-bond acceptors (Lipinski definition) is 4. The molecule has 0 atom stereocenters. The average Bonchev–Trinajstić information content (AvgIpc) is 3.03. The Labute approximate surface area is 152 Å². The Hall–Kier alpha value is -2.08. The van der Waals surface area contributed by atoms with Crippen molar-refractivity contribution in [2.75, 3.05) is 24.6 Å². The first kappa shape index (κ1) is 19.2. The van der Waals surface area contributed by atoms with E-state index in [1.807, 2.05) is 0 Å². The molecule has 0 saturated carbocycles. The maximum absolute atomic E-state index is 12.1. The number of halogens is 1. The van der Waals surface area contributed by atoms with Gasteiger partial charge in [-0.15, -0.1) is 0 Å². The molecule has 0 aromatic heterocycles. The Morgan fingerprint density at radius 2 is 2.12 bits per heavy atom. The predicted molar refractivity (Wildman–Crippen MR) is 95.9 cm³/mol. The minimum atomic E-state index is -0.617. The number of benzene rings is 1. The van der Waals surface area contributed by atoms with E-state index in [9.17, 15) is 14.4 Å². The van der Waals surface area contributed by atoms with E-state index >= 15 is 0 Å². The number of ether oxygens (including phenoxy) is 1. The molecule has 25 heavy (non-hydrogen) atoms. The van der Waals surface area contributed by atoms with Crippen molar-refractivity contribution in [2.45, 2.75) is 39.0 Å². The Balaban J connectivity index is 1.91. The maximum atomic E-state index is 12.1. The second kappa shape index (κ2) is 9.42. The molecule has 7 heteroatoms. The van der Waals surface area contributed by atoms with Crippen LogP contribution >= 0.6 is 11.6 Å². The fourth-order valence-electron chi connectivity index (χ4n) is 2.62. The number of carbonyl (C=O) groups excluding carboxylic acids is 3. The van der Waals surface area contributed by atoms with Crippen LogP contribution < -0.4 is 10.2 Å². The van der Waals surface area contributed by atoms with Gasteiger partial charge in [-0.25, -0.2) is 4.79 Å². The Bertz CT molecular complexity index is 648. The lowest BCUT2D eigenvalue weighted by Crippen LogP contribution is -2.29. The molecule has 6 nitrogen and oxygen atoms in total. The van der Waals surface area contributed by atoms with Gasteiger partial charge in [0.2, 0.25) is 5.91 Å². The van der Waals surface area contributed by atoms with Crippen molar-refractivity contribution in [3.05, 3.63) is 28.8 Å². The number of esters is 1. The van der Waals surface area contributed by atoms with Gasteiger partial charge in [-0.05, 0) is 31.0 Å². The largest absolute Gasteiger partial charge is 0.452 e. The highest BCUT2D eigenvalue weighted by molar-refractivity contribution is 6.34. The SMILES string of the molecule is CCCCCNC(=O)COC(=O)c1ccc(Cl)c(N2CCCC2=O)c1. The van der Waals surface area contributed by atoms with Crippen LogP contribution in [0.1, 0.15) is 49.4 Å². The lowest BCUT2D eigenvalue weighted by molar-refractivity contribution is -0.124. The first-order valence-electron chi connectivity index (χ1n) is 8.56. The average molecular weight is 367 g/mol. The van der Waals surface area contributed by atoms with Crippen LogP contribution in [-0.4, -0.2) is 37.5 Å². The van der Waals surface area contributed by atoms with E-state index in [1.54, 1.807) is 11.0 Å². The van der Waals surface area contributed by atoms with Crippen molar-refractivity contribution in [1.82, 2.24) is 5.32 Å². The number of nitrogens with one attached hydrogen (secondary N) is 1. The highest BCUT2D eigenvalue weighted by Gasteiger charge is 2.24. The summed E-state index contributed by atoms with van der Waals surface area (Å²) >= 11 is 6.15. The van der Waals surface area contributed by atoms with Gasteiger partial charge in [0.05, 0.1) is 16.3 Å². The monoisotopic (exact) mass is 366 g/mol. The van der Waals surface area contributed by atoms with Crippen molar-refractivity contribution >= 4 is 35.1 Å². The van der Waals surface area contributed by atoms with E-state index in [1.165, 1.54) is 12.1 Å². The lowest BCUT2D eigenvalue weighted by Gasteiger charge is -2.18. The highest BCUT2D eigenvalue weighted by Crippen LogP contribution is 2.30. The smallest absolute Gasteiger partial charge is 0.338 e. The van der Waals surface area contributed by atoms with Gasteiger partial charge in [-0.3, -0.25) is 9.59 Å². The molecule has 1 fully saturated rings. The van der Waals surface area contributed by atoms with Gasteiger partial charge in [-0.2, -0.15) is 0 Å². The van der Waals surface area contributed by atoms with Gasteiger partial charge in [0.25, 0.3) is 5.91 Å². The summed E-state index contributed by atoms with van der Waals surface area (Å²) in [6, 6.07) is 4.62. The zero-order valence-corrected chi connectivity index (χ0v) is 15.1. The molecule has 0 bridgehead atoms. The van der Waals surface area contributed by atoms with Crippen LogP contribution in [0.5, 0.6) is 0 Å².